The number of aromatic nitrogens is 2. The predicted octanol–water partition coefficient (Wildman–Crippen LogP) is 4.72. The lowest BCUT2D eigenvalue weighted by Gasteiger charge is -2.22. The molecule has 0 atom stereocenters. The molecule has 5 rings (SSSR count). The maximum Gasteiger partial charge on any atom is 0.387 e. The number of alkyl halides is 2. The summed E-state index contributed by atoms with van der Waals surface area (Å²) in [7, 11) is 1.37. The summed E-state index contributed by atoms with van der Waals surface area (Å²) in [4.78, 5) is 17.2. The first kappa shape index (κ1) is 22.9. The van der Waals surface area contributed by atoms with Gasteiger partial charge in [0, 0.05) is 36.7 Å². The van der Waals surface area contributed by atoms with Gasteiger partial charge in [0.2, 0.25) is 0 Å². The van der Waals surface area contributed by atoms with Crippen LogP contribution in [-0.4, -0.2) is 40.7 Å². The van der Waals surface area contributed by atoms with Gasteiger partial charge in [-0.15, -0.1) is 0 Å². The summed E-state index contributed by atoms with van der Waals surface area (Å²) in [6, 6.07) is 8.77. The van der Waals surface area contributed by atoms with E-state index >= 15 is 0 Å². The summed E-state index contributed by atoms with van der Waals surface area (Å²) >= 11 is 0. The van der Waals surface area contributed by atoms with Crippen LogP contribution < -0.4 is 19.5 Å². The third-order valence-electron chi connectivity index (χ3n) is 6.35. The Morgan fingerprint density at radius 1 is 1.26 bits per heavy atom. The topological polar surface area (TPSA) is 97.9 Å². The minimum atomic E-state index is -3.12. The van der Waals surface area contributed by atoms with Crippen LogP contribution in [0.25, 0.3) is 16.9 Å². The van der Waals surface area contributed by atoms with Gasteiger partial charge in [0.25, 0.3) is 5.91 Å². The Balaban J connectivity index is 1.52. The van der Waals surface area contributed by atoms with E-state index < -0.39 is 18.1 Å². The Bertz CT molecular complexity index is 1310. The minimum absolute atomic E-state index is 0.0332. The third-order valence-corrected chi connectivity index (χ3v) is 6.35. The Morgan fingerprint density at radius 3 is 2.66 bits per heavy atom. The molecule has 0 bridgehead atoms. The van der Waals surface area contributed by atoms with E-state index in [0.717, 1.165) is 25.7 Å². The third kappa shape index (κ3) is 4.58. The molecule has 2 saturated carbocycles. The molecule has 0 spiro atoms. The van der Waals surface area contributed by atoms with Gasteiger partial charge in [0.1, 0.15) is 34.5 Å². The molecule has 2 aliphatic rings. The van der Waals surface area contributed by atoms with Gasteiger partial charge in [-0.1, -0.05) is 0 Å². The van der Waals surface area contributed by atoms with Crippen LogP contribution >= 0.6 is 0 Å². The van der Waals surface area contributed by atoms with Crippen LogP contribution in [-0.2, 0) is 0 Å². The van der Waals surface area contributed by atoms with E-state index in [1.165, 1.54) is 13.2 Å². The van der Waals surface area contributed by atoms with E-state index in [1.54, 1.807) is 35.0 Å². The van der Waals surface area contributed by atoms with Crippen molar-refractivity contribution >= 4 is 11.6 Å². The van der Waals surface area contributed by atoms with Crippen molar-refractivity contribution in [3.05, 3.63) is 42.2 Å². The average Bonchev–Trinajstić information content (AvgIpc) is 3.36. The monoisotopic (exact) mass is 482 g/mol. The van der Waals surface area contributed by atoms with E-state index in [0.29, 0.717) is 35.5 Å². The van der Waals surface area contributed by atoms with E-state index in [1.807, 2.05) is 0 Å². The highest BCUT2D eigenvalue weighted by molar-refractivity contribution is 6.01. The standard InChI is InChI=1S/C25H24F2N4O4/c1-33-19-10-15(11-20(34-24(26)27)22(19)23(32)30-16-4-5-16)18-13-29-21-12-17(6-9-31(18)21)35-25(14-28)7-2-3-8-25/h6,9-13,16,24H,2-5,7-8H2,1H3,(H,30,32). The zero-order valence-electron chi connectivity index (χ0n) is 19.1. The Labute approximate surface area is 200 Å². The zero-order chi connectivity index (χ0) is 24.6. The number of carbonyl (C=O) groups is 1. The highest BCUT2D eigenvalue weighted by Gasteiger charge is 2.36. The van der Waals surface area contributed by atoms with Crippen molar-refractivity contribution in [2.75, 3.05) is 7.11 Å². The van der Waals surface area contributed by atoms with Gasteiger partial charge in [-0.2, -0.15) is 14.0 Å². The van der Waals surface area contributed by atoms with Crippen LogP contribution in [0.3, 0.4) is 0 Å². The first-order valence-corrected chi connectivity index (χ1v) is 11.5. The van der Waals surface area contributed by atoms with Crippen LogP contribution in [0, 0.1) is 11.3 Å². The molecule has 8 nitrogen and oxygen atoms in total. The lowest BCUT2D eigenvalue weighted by atomic mass is 10.0. The summed E-state index contributed by atoms with van der Waals surface area (Å²) in [5.41, 5.74) is 0.708. The Morgan fingerprint density at radius 2 is 2.00 bits per heavy atom. The fourth-order valence-corrected chi connectivity index (χ4v) is 4.44. The van der Waals surface area contributed by atoms with Gasteiger partial charge < -0.3 is 19.5 Å². The van der Waals surface area contributed by atoms with Crippen molar-refractivity contribution in [1.29, 1.82) is 5.26 Å². The number of ether oxygens (including phenoxy) is 3. The number of benzene rings is 1. The number of nitrogens with zero attached hydrogens (tertiary/aromatic N) is 3. The van der Waals surface area contributed by atoms with Gasteiger partial charge in [0.15, 0.2) is 5.60 Å². The molecule has 2 heterocycles. The molecule has 0 unspecified atom stereocenters. The number of nitriles is 1. The second-order valence-corrected chi connectivity index (χ2v) is 8.83. The molecule has 1 N–H and O–H groups in total. The predicted molar refractivity (Wildman–Crippen MR) is 122 cm³/mol. The van der Waals surface area contributed by atoms with Crippen molar-refractivity contribution in [3.8, 4) is 34.6 Å². The van der Waals surface area contributed by atoms with Crippen LogP contribution in [0.2, 0.25) is 0 Å². The number of pyridine rings is 1. The second-order valence-electron chi connectivity index (χ2n) is 8.83. The van der Waals surface area contributed by atoms with Crippen molar-refractivity contribution in [2.45, 2.75) is 56.8 Å². The Kier molecular flexibility index (Phi) is 5.93. The molecule has 1 amide bonds. The van der Waals surface area contributed by atoms with E-state index in [4.69, 9.17) is 14.2 Å². The van der Waals surface area contributed by atoms with Gasteiger partial charge in [-0.25, -0.2) is 4.98 Å². The smallest absolute Gasteiger partial charge is 0.387 e. The number of imidazole rings is 1. The molecule has 2 fully saturated rings. The molecular weight excluding hydrogens is 458 g/mol. The minimum Gasteiger partial charge on any atom is -0.496 e. The van der Waals surface area contributed by atoms with Crippen molar-refractivity contribution in [2.24, 2.45) is 0 Å². The molecule has 0 radical (unpaired) electrons. The zero-order valence-corrected chi connectivity index (χ0v) is 19.1. The number of amides is 1. The van der Waals surface area contributed by atoms with Crippen LogP contribution in [0.1, 0.15) is 48.9 Å². The first-order chi connectivity index (χ1) is 16.9. The highest BCUT2D eigenvalue weighted by atomic mass is 19.3. The number of carbonyl (C=O) groups excluding carboxylic acids is 1. The number of nitrogens with one attached hydrogen (secondary N) is 1. The highest BCUT2D eigenvalue weighted by Crippen LogP contribution is 2.38. The molecular formula is C25H24F2N4O4. The maximum atomic E-state index is 13.2. The molecule has 0 aliphatic heterocycles. The van der Waals surface area contributed by atoms with E-state index in [9.17, 15) is 18.8 Å². The van der Waals surface area contributed by atoms with Gasteiger partial charge in [-0.3, -0.25) is 9.20 Å². The summed E-state index contributed by atoms with van der Waals surface area (Å²) in [6.45, 7) is -3.12. The summed E-state index contributed by atoms with van der Waals surface area (Å²) in [6.07, 6.45) is 8.27. The fraction of sp³-hybridized carbons (Fsp3) is 0.400. The number of hydrogen-bond donors (Lipinski definition) is 1. The quantitative estimate of drug-likeness (QED) is 0.499. The number of rotatable bonds is 8. The molecule has 10 heteroatoms. The van der Waals surface area contributed by atoms with Crippen LogP contribution in [0.15, 0.2) is 36.7 Å². The molecule has 1 aromatic carbocycles. The summed E-state index contributed by atoms with van der Waals surface area (Å²) in [5, 5.41) is 12.4. The summed E-state index contributed by atoms with van der Waals surface area (Å²) in [5.74, 6) is -0.155. The number of halogens is 2. The first-order valence-electron chi connectivity index (χ1n) is 11.5. The van der Waals surface area contributed by atoms with Crippen molar-refractivity contribution in [3.63, 3.8) is 0 Å². The second kappa shape index (κ2) is 9.06. The molecule has 182 valence electrons. The van der Waals surface area contributed by atoms with Gasteiger partial charge >= 0.3 is 6.61 Å². The summed E-state index contributed by atoms with van der Waals surface area (Å²) < 4.78 is 44.4. The molecule has 3 aromatic rings. The van der Waals surface area contributed by atoms with Gasteiger partial charge in [0.05, 0.1) is 19.0 Å². The number of fused-ring (bicyclic) bond motifs is 1. The molecule has 2 aliphatic carbocycles. The number of hydrogen-bond acceptors (Lipinski definition) is 6. The lowest BCUT2D eigenvalue weighted by molar-refractivity contribution is -0.0502. The van der Waals surface area contributed by atoms with E-state index in [-0.39, 0.29) is 23.1 Å². The average molecular weight is 482 g/mol. The molecule has 0 saturated heterocycles. The normalized spacial score (nSPS) is 16.8. The maximum absolute atomic E-state index is 13.2. The van der Waals surface area contributed by atoms with Gasteiger partial charge in [-0.05, 0) is 43.9 Å². The van der Waals surface area contributed by atoms with Crippen LogP contribution in [0.5, 0.6) is 17.2 Å². The largest absolute Gasteiger partial charge is 0.496 e. The SMILES string of the molecule is COc1cc(-c2cnc3cc(OC4(C#N)CCCC4)ccn23)cc(OC(F)F)c1C(=O)NC1CC1. The molecule has 35 heavy (non-hydrogen) atoms. The van der Waals surface area contributed by atoms with Crippen molar-refractivity contribution in [1.82, 2.24) is 14.7 Å². The Hall–Kier alpha value is -3.87. The van der Waals surface area contributed by atoms with E-state index in [2.05, 4.69) is 16.4 Å². The lowest BCUT2D eigenvalue weighted by Crippen LogP contribution is -2.30. The molecule has 2 aromatic heterocycles. The van der Waals surface area contributed by atoms with Crippen molar-refractivity contribution < 1.29 is 27.8 Å². The van der Waals surface area contributed by atoms with Crippen LogP contribution in [0.4, 0.5) is 8.78 Å². The fourth-order valence-electron chi connectivity index (χ4n) is 4.44. The number of methoxy groups -OCH3 is 1.